The molecule has 3 N–H and O–H groups in total. The zero-order valence-corrected chi connectivity index (χ0v) is 9.09. The fourth-order valence-electron chi connectivity index (χ4n) is 1.57. The minimum absolute atomic E-state index is 0.162. The molecule has 0 atom stereocenters. The Balaban J connectivity index is 1.99. The molecule has 6 nitrogen and oxygen atoms in total. The van der Waals surface area contributed by atoms with Gasteiger partial charge in [-0.3, -0.25) is 0 Å². The molecule has 0 bridgehead atoms. The first kappa shape index (κ1) is 10.5. The minimum Gasteiger partial charge on any atom is -0.379 e. The van der Waals surface area contributed by atoms with Gasteiger partial charge in [-0.1, -0.05) is 0 Å². The molecule has 3 aromatic rings. The van der Waals surface area contributed by atoms with Crippen molar-refractivity contribution in [3.63, 3.8) is 0 Å². The van der Waals surface area contributed by atoms with Gasteiger partial charge in [0.1, 0.15) is 5.82 Å². The van der Waals surface area contributed by atoms with Crippen molar-refractivity contribution >= 4 is 5.82 Å². The summed E-state index contributed by atoms with van der Waals surface area (Å²) in [4.78, 5) is 7.21. The summed E-state index contributed by atoms with van der Waals surface area (Å²) >= 11 is 0. The molecule has 0 amide bonds. The molecule has 0 radical (unpaired) electrons. The van der Waals surface area contributed by atoms with Crippen LogP contribution in [-0.4, -0.2) is 20.3 Å². The van der Waals surface area contributed by atoms with Crippen LogP contribution in [0.15, 0.2) is 35.1 Å². The van der Waals surface area contributed by atoms with Crippen LogP contribution in [0.25, 0.3) is 22.8 Å². The maximum atomic E-state index is 12.8. The van der Waals surface area contributed by atoms with Gasteiger partial charge < -0.3 is 10.7 Å². The summed E-state index contributed by atoms with van der Waals surface area (Å²) in [5, 5.41) is 7.11. The number of imidazole rings is 1. The highest BCUT2D eigenvalue weighted by atomic mass is 19.1. The highest BCUT2D eigenvalue weighted by molar-refractivity contribution is 5.67. The molecule has 2 heterocycles. The first-order valence-electron chi connectivity index (χ1n) is 5.14. The zero-order valence-electron chi connectivity index (χ0n) is 9.09. The standard InChI is InChI=1S/C11H8FN5O/c12-7-3-1-6(2-4-7)8-5-14-11(15-8)9-10(13)17-18-16-9/h1-5H,(H2,13,17)(H,14,15). The van der Waals surface area contributed by atoms with Crippen LogP contribution in [-0.2, 0) is 0 Å². The number of halogens is 1. The van der Waals surface area contributed by atoms with E-state index in [0.29, 0.717) is 17.2 Å². The van der Waals surface area contributed by atoms with Gasteiger partial charge in [0.2, 0.25) is 0 Å². The number of benzene rings is 1. The smallest absolute Gasteiger partial charge is 0.199 e. The molecular weight excluding hydrogens is 237 g/mol. The van der Waals surface area contributed by atoms with Crippen molar-refractivity contribution < 1.29 is 9.02 Å². The van der Waals surface area contributed by atoms with E-state index in [1.807, 2.05) is 0 Å². The quantitative estimate of drug-likeness (QED) is 0.718. The molecule has 0 aliphatic rings. The maximum Gasteiger partial charge on any atom is 0.199 e. The summed E-state index contributed by atoms with van der Waals surface area (Å²) in [6.07, 6.45) is 1.68. The number of nitrogens with two attached hydrogens (primary N) is 1. The van der Waals surface area contributed by atoms with Gasteiger partial charge in [0.05, 0.1) is 5.69 Å². The maximum absolute atomic E-state index is 12.8. The molecule has 0 saturated heterocycles. The Kier molecular flexibility index (Phi) is 2.30. The highest BCUT2D eigenvalue weighted by Gasteiger charge is 2.13. The molecular formula is C11H8FN5O. The van der Waals surface area contributed by atoms with Gasteiger partial charge in [-0.2, -0.15) is 0 Å². The van der Waals surface area contributed by atoms with Crippen LogP contribution in [0.5, 0.6) is 0 Å². The molecule has 0 unspecified atom stereocenters. The van der Waals surface area contributed by atoms with E-state index in [4.69, 9.17) is 5.73 Å². The lowest BCUT2D eigenvalue weighted by Crippen LogP contribution is -1.89. The number of aromatic amines is 1. The third-order valence-corrected chi connectivity index (χ3v) is 2.46. The number of nitrogen functional groups attached to an aromatic ring is 1. The molecule has 0 fully saturated rings. The topological polar surface area (TPSA) is 93.6 Å². The Hall–Kier alpha value is -2.70. The Morgan fingerprint density at radius 3 is 2.61 bits per heavy atom. The summed E-state index contributed by atoms with van der Waals surface area (Å²) in [5.74, 6) is 0.322. The van der Waals surface area contributed by atoms with Gasteiger partial charge in [-0.25, -0.2) is 14.0 Å². The van der Waals surface area contributed by atoms with E-state index in [1.165, 1.54) is 12.1 Å². The molecule has 1 aromatic carbocycles. The van der Waals surface area contributed by atoms with Gasteiger partial charge in [0.15, 0.2) is 17.3 Å². The van der Waals surface area contributed by atoms with Gasteiger partial charge in [-0.15, -0.1) is 0 Å². The molecule has 90 valence electrons. The van der Waals surface area contributed by atoms with Crippen LogP contribution in [0.3, 0.4) is 0 Å². The van der Waals surface area contributed by atoms with Crippen LogP contribution < -0.4 is 5.73 Å². The SMILES string of the molecule is Nc1nonc1-c1nc(-c2ccc(F)cc2)c[nH]1. The van der Waals surface area contributed by atoms with Crippen LogP contribution in [0.2, 0.25) is 0 Å². The van der Waals surface area contributed by atoms with Gasteiger partial charge in [-0.05, 0) is 34.6 Å². The third kappa shape index (κ3) is 1.71. The van der Waals surface area contributed by atoms with Crippen LogP contribution in [0.4, 0.5) is 10.2 Å². The lowest BCUT2D eigenvalue weighted by molar-refractivity contribution is 0.310. The Bertz CT molecular complexity index is 673. The van der Waals surface area contributed by atoms with Crippen molar-refractivity contribution in [2.75, 3.05) is 5.73 Å². The van der Waals surface area contributed by atoms with Crippen LogP contribution in [0, 0.1) is 5.82 Å². The molecule has 0 spiro atoms. The lowest BCUT2D eigenvalue weighted by atomic mass is 10.2. The number of hydrogen-bond donors (Lipinski definition) is 2. The van der Waals surface area contributed by atoms with E-state index in [0.717, 1.165) is 5.56 Å². The average Bonchev–Trinajstić information content (AvgIpc) is 2.98. The Morgan fingerprint density at radius 1 is 1.17 bits per heavy atom. The highest BCUT2D eigenvalue weighted by Crippen LogP contribution is 2.23. The molecule has 7 heteroatoms. The summed E-state index contributed by atoms with van der Waals surface area (Å²) in [6.45, 7) is 0. The Labute approximate surface area is 101 Å². The van der Waals surface area contributed by atoms with E-state index >= 15 is 0 Å². The number of rotatable bonds is 2. The van der Waals surface area contributed by atoms with Crippen molar-refractivity contribution in [2.45, 2.75) is 0 Å². The van der Waals surface area contributed by atoms with Crippen molar-refractivity contribution in [1.29, 1.82) is 0 Å². The summed E-state index contributed by atoms with van der Waals surface area (Å²) in [7, 11) is 0. The van der Waals surface area contributed by atoms with Crippen molar-refractivity contribution in [2.24, 2.45) is 0 Å². The fourth-order valence-corrected chi connectivity index (χ4v) is 1.57. The first-order valence-corrected chi connectivity index (χ1v) is 5.14. The summed E-state index contributed by atoms with van der Waals surface area (Å²) in [6, 6.07) is 6.02. The van der Waals surface area contributed by atoms with Crippen molar-refractivity contribution in [3.05, 3.63) is 36.3 Å². The third-order valence-electron chi connectivity index (χ3n) is 2.46. The number of aromatic nitrogens is 4. The number of nitrogens with one attached hydrogen (secondary N) is 1. The fraction of sp³-hybridized carbons (Fsp3) is 0. The van der Waals surface area contributed by atoms with Gasteiger partial charge >= 0.3 is 0 Å². The van der Waals surface area contributed by atoms with Crippen LogP contribution in [0.1, 0.15) is 0 Å². The lowest BCUT2D eigenvalue weighted by Gasteiger charge is -1.94. The van der Waals surface area contributed by atoms with E-state index < -0.39 is 0 Å². The second-order valence-corrected chi connectivity index (χ2v) is 3.64. The molecule has 18 heavy (non-hydrogen) atoms. The molecule has 2 aromatic heterocycles. The largest absolute Gasteiger partial charge is 0.379 e. The van der Waals surface area contributed by atoms with Gasteiger partial charge in [0.25, 0.3) is 0 Å². The number of hydrogen-bond acceptors (Lipinski definition) is 5. The number of nitrogens with zero attached hydrogens (tertiary/aromatic N) is 3. The number of H-pyrrole nitrogens is 1. The minimum atomic E-state index is -0.292. The monoisotopic (exact) mass is 245 g/mol. The van der Waals surface area contributed by atoms with E-state index in [1.54, 1.807) is 18.3 Å². The number of anilines is 1. The van der Waals surface area contributed by atoms with Gasteiger partial charge in [0, 0.05) is 11.8 Å². The second-order valence-electron chi connectivity index (χ2n) is 3.64. The normalized spacial score (nSPS) is 10.7. The van der Waals surface area contributed by atoms with E-state index in [-0.39, 0.29) is 11.6 Å². The Morgan fingerprint density at radius 2 is 1.94 bits per heavy atom. The zero-order chi connectivity index (χ0) is 12.5. The molecule has 0 aliphatic carbocycles. The summed E-state index contributed by atoms with van der Waals surface area (Å²) in [5.41, 5.74) is 7.36. The second kappa shape index (κ2) is 3.95. The van der Waals surface area contributed by atoms with Crippen molar-refractivity contribution in [1.82, 2.24) is 20.3 Å². The van der Waals surface area contributed by atoms with Crippen molar-refractivity contribution in [3.8, 4) is 22.8 Å². The predicted molar refractivity (Wildman–Crippen MR) is 61.7 cm³/mol. The average molecular weight is 245 g/mol. The van der Waals surface area contributed by atoms with E-state index in [9.17, 15) is 4.39 Å². The molecule has 3 rings (SSSR count). The van der Waals surface area contributed by atoms with E-state index in [2.05, 4.69) is 24.9 Å². The summed E-state index contributed by atoms with van der Waals surface area (Å²) < 4.78 is 17.3. The van der Waals surface area contributed by atoms with Crippen LogP contribution >= 0.6 is 0 Å². The molecule has 0 saturated carbocycles. The first-order chi connectivity index (χ1) is 8.74. The molecule has 0 aliphatic heterocycles. The predicted octanol–water partition coefficient (Wildman–Crippen LogP) is 1.85.